The number of hydrogen-bond acceptors (Lipinski definition) is 3. The molecule has 0 atom stereocenters. The number of fused-ring (bicyclic) bond motifs is 1. The summed E-state index contributed by atoms with van der Waals surface area (Å²) >= 11 is 0. The van der Waals surface area contributed by atoms with Crippen molar-refractivity contribution in [1.29, 1.82) is 0 Å². The summed E-state index contributed by atoms with van der Waals surface area (Å²) in [6, 6.07) is 7.05. The summed E-state index contributed by atoms with van der Waals surface area (Å²) in [7, 11) is 0. The summed E-state index contributed by atoms with van der Waals surface area (Å²) in [4.78, 5) is 20.8. The summed E-state index contributed by atoms with van der Waals surface area (Å²) in [6.45, 7) is 5.77. The molecule has 3 heterocycles. The highest BCUT2D eigenvalue weighted by Crippen LogP contribution is 2.34. The number of carbonyl (C=O) groups is 1. The van der Waals surface area contributed by atoms with E-state index >= 15 is 0 Å². The second-order valence-corrected chi connectivity index (χ2v) is 7.45. The van der Waals surface area contributed by atoms with E-state index in [0.717, 1.165) is 18.3 Å². The molecule has 5 nitrogen and oxygen atoms in total. The third-order valence-electron chi connectivity index (χ3n) is 3.81. The van der Waals surface area contributed by atoms with E-state index < -0.39 is 11.7 Å². The van der Waals surface area contributed by atoms with Crippen molar-refractivity contribution < 1.29 is 18.0 Å². The van der Waals surface area contributed by atoms with Gasteiger partial charge in [0, 0.05) is 18.8 Å². The number of hydrogen-bond donors (Lipinski definition) is 1. The number of carbonyl (C=O) groups excluding carboxylic acids is 1. The molecule has 0 bridgehead atoms. The van der Waals surface area contributed by atoms with Gasteiger partial charge < -0.3 is 5.32 Å². The molecular formula is C19H19F3N4O. The first-order chi connectivity index (χ1) is 12.5. The number of anilines is 1. The molecule has 0 unspecified atom stereocenters. The predicted molar refractivity (Wildman–Crippen MR) is 96.1 cm³/mol. The van der Waals surface area contributed by atoms with Gasteiger partial charge in [-0.2, -0.15) is 13.2 Å². The van der Waals surface area contributed by atoms with Crippen molar-refractivity contribution in [3.05, 3.63) is 48.3 Å². The first-order valence-electron chi connectivity index (χ1n) is 8.35. The van der Waals surface area contributed by atoms with Gasteiger partial charge in [0.05, 0.1) is 11.3 Å². The van der Waals surface area contributed by atoms with E-state index in [-0.39, 0.29) is 29.3 Å². The highest BCUT2D eigenvalue weighted by molar-refractivity contribution is 5.94. The van der Waals surface area contributed by atoms with Crippen molar-refractivity contribution in [2.75, 3.05) is 5.32 Å². The van der Waals surface area contributed by atoms with Gasteiger partial charge in [0.1, 0.15) is 11.3 Å². The lowest BCUT2D eigenvalue weighted by Crippen LogP contribution is -2.20. The van der Waals surface area contributed by atoms with Gasteiger partial charge in [-0.25, -0.2) is 4.98 Å². The topological polar surface area (TPSA) is 59.3 Å². The lowest BCUT2D eigenvalue weighted by atomic mass is 9.92. The molecule has 27 heavy (non-hydrogen) atoms. The van der Waals surface area contributed by atoms with Crippen molar-refractivity contribution in [3.63, 3.8) is 0 Å². The van der Waals surface area contributed by atoms with E-state index in [0.29, 0.717) is 11.3 Å². The Morgan fingerprint density at radius 2 is 1.93 bits per heavy atom. The molecule has 142 valence electrons. The Hall–Kier alpha value is -2.90. The van der Waals surface area contributed by atoms with Crippen LogP contribution in [0.1, 0.15) is 32.8 Å². The van der Waals surface area contributed by atoms with Gasteiger partial charge in [-0.1, -0.05) is 26.8 Å². The number of aromatic nitrogens is 3. The average molecular weight is 376 g/mol. The van der Waals surface area contributed by atoms with Gasteiger partial charge >= 0.3 is 6.18 Å². The van der Waals surface area contributed by atoms with E-state index in [9.17, 15) is 18.0 Å². The van der Waals surface area contributed by atoms with Crippen molar-refractivity contribution in [2.24, 2.45) is 5.41 Å². The molecule has 0 saturated carbocycles. The Labute approximate surface area is 154 Å². The fraction of sp³-hybridized carbons (Fsp3) is 0.316. The molecule has 1 amide bonds. The van der Waals surface area contributed by atoms with Gasteiger partial charge in [-0.3, -0.25) is 14.2 Å². The summed E-state index contributed by atoms with van der Waals surface area (Å²) in [5.74, 6) is -0.0820. The number of halogens is 3. The second-order valence-electron chi connectivity index (χ2n) is 7.45. The number of nitrogens with one attached hydrogen (secondary N) is 1. The highest BCUT2D eigenvalue weighted by Gasteiger charge is 2.31. The van der Waals surface area contributed by atoms with Gasteiger partial charge in [0.2, 0.25) is 5.91 Å². The molecule has 0 spiro atoms. The van der Waals surface area contributed by atoms with Gasteiger partial charge in [-0.15, -0.1) is 0 Å². The predicted octanol–water partition coefficient (Wildman–Crippen LogP) is 4.79. The van der Waals surface area contributed by atoms with Crippen molar-refractivity contribution in [2.45, 2.75) is 33.4 Å². The fourth-order valence-electron chi connectivity index (χ4n) is 2.72. The smallest absolute Gasteiger partial charge is 0.309 e. The maximum Gasteiger partial charge on any atom is 0.416 e. The largest absolute Gasteiger partial charge is 0.416 e. The number of alkyl halides is 3. The fourth-order valence-corrected chi connectivity index (χ4v) is 2.72. The molecule has 0 aromatic carbocycles. The number of amides is 1. The monoisotopic (exact) mass is 376 g/mol. The highest BCUT2D eigenvalue weighted by atomic mass is 19.4. The van der Waals surface area contributed by atoms with E-state index in [1.54, 1.807) is 28.8 Å². The Morgan fingerprint density at radius 1 is 1.19 bits per heavy atom. The van der Waals surface area contributed by atoms with Crippen LogP contribution in [0, 0.1) is 5.41 Å². The minimum atomic E-state index is -4.49. The van der Waals surface area contributed by atoms with E-state index in [1.807, 2.05) is 20.8 Å². The maximum atomic E-state index is 13.1. The molecule has 0 aliphatic carbocycles. The zero-order chi connectivity index (χ0) is 19.8. The lowest BCUT2D eigenvalue weighted by Gasteiger charge is -2.17. The van der Waals surface area contributed by atoms with Crippen LogP contribution in [0.4, 0.5) is 19.0 Å². The zero-order valence-electron chi connectivity index (χ0n) is 15.1. The van der Waals surface area contributed by atoms with Crippen molar-refractivity contribution in [3.8, 4) is 11.4 Å². The van der Waals surface area contributed by atoms with Crippen molar-refractivity contribution >= 4 is 17.4 Å². The minimum absolute atomic E-state index is 0.0783. The average Bonchev–Trinajstić information content (AvgIpc) is 2.90. The zero-order valence-corrected chi connectivity index (χ0v) is 15.1. The van der Waals surface area contributed by atoms with E-state index in [4.69, 9.17) is 0 Å². The number of imidazole rings is 1. The van der Waals surface area contributed by atoms with Gasteiger partial charge in [0.15, 0.2) is 5.82 Å². The van der Waals surface area contributed by atoms with Crippen LogP contribution in [0.5, 0.6) is 0 Å². The summed E-state index contributed by atoms with van der Waals surface area (Å²) < 4.78 is 40.9. The molecule has 1 N–H and O–H groups in total. The lowest BCUT2D eigenvalue weighted by molar-refractivity contribution is -0.137. The quantitative estimate of drug-likeness (QED) is 0.715. The molecule has 0 aliphatic heterocycles. The molecule has 3 rings (SSSR count). The Bertz CT molecular complexity index is 987. The maximum absolute atomic E-state index is 13.1. The normalized spacial score (nSPS) is 12.4. The van der Waals surface area contributed by atoms with Gasteiger partial charge in [0.25, 0.3) is 0 Å². The molecule has 0 saturated heterocycles. The third-order valence-corrected chi connectivity index (χ3v) is 3.81. The number of pyridine rings is 2. The summed E-state index contributed by atoms with van der Waals surface area (Å²) in [6.07, 6.45) is -1.48. The van der Waals surface area contributed by atoms with Gasteiger partial charge in [-0.05, 0) is 29.7 Å². The molecular weight excluding hydrogens is 357 g/mol. The van der Waals surface area contributed by atoms with Crippen LogP contribution >= 0.6 is 0 Å². The Kier molecular flexibility index (Phi) is 4.67. The molecule has 3 aromatic heterocycles. The molecule has 3 aromatic rings. The first kappa shape index (κ1) is 18.9. The van der Waals surface area contributed by atoms with Crippen LogP contribution in [-0.2, 0) is 11.0 Å². The standard InChI is InChI=1S/C19H19F3N4O/c1-18(2,3)11-15(27)25-17-16(26-9-5-4-6-14(26)24-17)13-10-12(7-8-23-13)19(20,21)22/h4-10H,11H2,1-3H3,(H,25,27). The molecule has 8 heteroatoms. The molecule has 0 radical (unpaired) electrons. The SMILES string of the molecule is CC(C)(C)CC(=O)Nc1nc2ccccn2c1-c1cc(C(F)(F)F)ccn1. The van der Waals surface area contributed by atoms with E-state index in [1.165, 1.54) is 0 Å². The summed E-state index contributed by atoms with van der Waals surface area (Å²) in [5.41, 5.74) is -0.172. The third kappa shape index (κ3) is 4.27. The Balaban J connectivity index is 2.10. The van der Waals surface area contributed by atoms with Crippen LogP contribution in [0.2, 0.25) is 0 Å². The van der Waals surface area contributed by atoms with Crippen LogP contribution in [0.25, 0.3) is 17.0 Å². The van der Waals surface area contributed by atoms with Crippen LogP contribution in [0.15, 0.2) is 42.7 Å². The number of rotatable bonds is 3. The summed E-state index contributed by atoms with van der Waals surface area (Å²) in [5, 5.41) is 2.72. The molecule has 0 aliphatic rings. The first-order valence-corrected chi connectivity index (χ1v) is 8.35. The molecule has 0 fully saturated rings. The van der Waals surface area contributed by atoms with Crippen LogP contribution in [-0.4, -0.2) is 20.3 Å². The van der Waals surface area contributed by atoms with Crippen LogP contribution < -0.4 is 5.32 Å². The second kappa shape index (κ2) is 6.68. The Morgan fingerprint density at radius 3 is 2.59 bits per heavy atom. The minimum Gasteiger partial charge on any atom is -0.309 e. The number of nitrogens with zero attached hydrogens (tertiary/aromatic N) is 3. The van der Waals surface area contributed by atoms with Crippen molar-refractivity contribution in [1.82, 2.24) is 14.4 Å². The van der Waals surface area contributed by atoms with Crippen LogP contribution in [0.3, 0.4) is 0 Å². The van der Waals surface area contributed by atoms with E-state index in [2.05, 4.69) is 15.3 Å².